The normalized spacial score (nSPS) is 14.1. The molecule has 0 radical (unpaired) electrons. The number of rotatable bonds is 6. The molecular weight excluding hydrogens is 456 g/mol. The minimum Gasteiger partial charge on any atom is -0.493 e. The van der Waals surface area contributed by atoms with E-state index >= 15 is 0 Å². The third kappa shape index (κ3) is 4.29. The lowest BCUT2D eigenvalue weighted by molar-refractivity contribution is -0.160. The van der Waals surface area contributed by atoms with Gasteiger partial charge < -0.3 is 19.7 Å². The number of hydrogen-bond acceptors (Lipinski definition) is 6. The first-order chi connectivity index (χ1) is 17.2. The first-order valence-electron chi connectivity index (χ1n) is 12.2. The lowest BCUT2D eigenvalue weighted by Gasteiger charge is -2.29. The lowest BCUT2D eigenvalue weighted by atomic mass is 9.86. The van der Waals surface area contributed by atoms with Crippen molar-refractivity contribution in [3.8, 4) is 16.9 Å². The number of pyridine rings is 2. The number of hydrogen-bond donors (Lipinski definition) is 2. The second-order valence-corrected chi connectivity index (χ2v) is 10.2. The predicted octanol–water partition coefficient (Wildman–Crippen LogP) is 5.17. The largest absolute Gasteiger partial charge is 0.493 e. The first kappa shape index (κ1) is 24.2. The number of fused-ring (bicyclic) bond motifs is 1. The van der Waals surface area contributed by atoms with Gasteiger partial charge in [-0.3, -0.25) is 9.97 Å². The average molecular weight is 487 g/mol. The van der Waals surface area contributed by atoms with Crippen LogP contribution in [0.3, 0.4) is 0 Å². The maximum absolute atomic E-state index is 12.6. The van der Waals surface area contributed by atoms with Crippen LogP contribution in [0.25, 0.3) is 32.9 Å². The Kier molecular flexibility index (Phi) is 6.14. The van der Waals surface area contributed by atoms with Gasteiger partial charge in [-0.05, 0) is 74.7 Å². The maximum Gasteiger partial charge on any atom is 0.337 e. The molecule has 2 N–H and O–H groups in total. The summed E-state index contributed by atoms with van der Waals surface area (Å²) in [6, 6.07) is 11.6. The quantitative estimate of drug-likeness (QED) is 0.388. The molecule has 7 nitrogen and oxygen atoms in total. The summed E-state index contributed by atoms with van der Waals surface area (Å²) in [6.45, 7) is 8.06. The van der Waals surface area contributed by atoms with Crippen molar-refractivity contribution in [2.75, 3.05) is 13.2 Å². The second kappa shape index (κ2) is 9.15. The van der Waals surface area contributed by atoms with Gasteiger partial charge in [-0.2, -0.15) is 0 Å². The van der Waals surface area contributed by atoms with Crippen molar-refractivity contribution in [2.45, 2.75) is 52.2 Å². The zero-order valence-electron chi connectivity index (χ0n) is 21.0. The minimum absolute atomic E-state index is 0.00172. The topological polar surface area (TPSA) is 102 Å². The highest BCUT2D eigenvalue weighted by atomic mass is 16.5. The lowest BCUT2D eigenvalue weighted by Crippen LogP contribution is -2.28. The Morgan fingerprint density at radius 1 is 1.19 bits per heavy atom. The molecule has 1 aliphatic heterocycles. The summed E-state index contributed by atoms with van der Waals surface area (Å²) in [7, 11) is 0. The number of aromatic nitrogens is 2. The number of benzene rings is 2. The van der Waals surface area contributed by atoms with Gasteiger partial charge in [0.1, 0.15) is 5.75 Å². The van der Waals surface area contributed by atoms with E-state index in [2.05, 4.69) is 0 Å². The van der Waals surface area contributed by atoms with E-state index in [1.165, 1.54) is 0 Å². The van der Waals surface area contributed by atoms with Gasteiger partial charge in [-0.1, -0.05) is 6.07 Å². The molecule has 7 heteroatoms. The number of carboxylic acid groups (broad SMARTS) is 1. The Morgan fingerprint density at radius 2 is 2.00 bits per heavy atom. The zero-order chi connectivity index (χ0) is 25.6. The summed E-state index contributed by atoms with van der Waals surface area (Å²) in [6.07, 6.45) is 1.83. The standard InChI is InChI=1S/C29H30N2O5/c1-16-15-21-19(6-5-18(31-21)10-13-32)25(23(16)27(28(33)34)36-29(2,3)4)20-7-8-22-24-17(11-14-35-22)9-12-30-26(20)24/h5-9,12,15,27,32H,10-11,13-14H2,1-4H3,(H,33,34)/t27-/m0/s1. The SMILES string of the molecule is Cc1cc2nc(CCO)ccc2c(-c2ccc3c4c(ccnc24)CCO3)c1[C@H](OC(C)(C)C)C(=O)O. The molecule has 0 aliphatic carbocycles. The van der Waals surface area contributed by atoms with Gasteiger partial charge in [-0.25, -0.2) is 4.79 Å². The summed E-state index contributed by atoms with van der Waals surface area (Å²) >= 11 is 0. The van der Waals surface area contributed by atoms with E-state index < -0.39 is 17.7 Å². The molecule has 0 amide bonds. The molecule has 0 spiro atoms. The number of aliphatic hydroxyl groups excluding tert-OH is 1. The van der Waals surface area contributed by atoms with E-state index in [-0.39, 0.29) is 6.61 Å². The van der Waals surface area contributed by atoms with Crippen LogP contribution in [0.1, 0.15) is 49.3 Å². The van der Waals surface area contributed by atoms with Crippen molar-refractivity contribution in [3.05, 3.63) is 65.0 Å². The van der Waals surface area contributed by atoms with Crippen LogP contribution in [0.2, 0.25) is 0 Å². The van der Waals surface area contributed by atoms with Gasteiger partial charge in [0.25, 0.3) is 0 Å². The van der Waals surface area contributed by atoms with Gasteiger partial charge in [0.05, 0.1) is 23.2 Å². The summed E-state index contributed by atoms with van der Waals surface area (Å²) in [5.41, 5.74) is 5.64. The van der Waals surface area contributed by atoms with Crippen molar-refractivity contribution < 1.29 is 24.5 Å². The van der Waals surface area contributed by atoms with Crippen LogP contribution in [-0.4, -0.2) is 45.0 Å². The highest BCUT2D eigenvalue weighted by Gasteiger charge is 2.32. The molecule has 0 saturated carbocycles. The third-order valence-electron chi connectivity index (χ3n) is 6.46. The van der Waals surface area contributed by atoms with Gasteiger partial charge in [0.15, 0.2) is 6.10 Å². The number of aliphatic carboxylic acids is 1. The molecule has 2 aromatic carbocycles. The first-order valence-corrected chi connectivity index (χ1v) is 12.2. The number of ether oxygens (including phenoxy) is 2. The fraction of sp³-hybridized carbons (Fsp3) is 0.345. The Balaban J connectivity index is 1.89. The number of carbonyl (C=O) groups is 1. The van der Waals surface area contributed by atoms with Gasteiger partial charge in [-0.15, -0.1) is 0 Å². The molecule has 5 rings (SSSR count). The number of aryl methyl sites for hydroxylation is 1. The van der Waals surface area contributed by atoms with E-state index in [1.807, 2.05) is 64.1 Å². The zero-order valence-corrected chi connectivity index (χ0v) is 21.0. The summed E-state index contributed by atoms with van der Waals surface area (Å²) in [5, 5.41) is 21.5. The Bertz CT molecular complexity index is 1480. The van der Waals surface area contributed by atoms with E-state index in [4.69, 9.17) is 19.4 Å². The number of aliphatic hydroxyl groups is 1. The monoisotopic (exact) mass is 486 g/mol. The molecule has 1 atom stereocenters. The van der Waals surface area contributed by atoms with Crippen molar-refractivity contribution in [2.24, 2.45) is 0 Å². The average Bonchev–Trinajstić information content (AvgIpc) is 2.82. The molecule has 4 aromatic rings. The molecule has 0 unspecified atom stereocenters. The molecule has 3 heterocycles. The third-order valence-corrected chi connectivity index (χ3v) is 6.46. The van der Waals surface area contributed by atoms with Crippen molar-refractivity contribution in [1.82, 2.24) is 9.97 Å². The molecule has 36 heavy (non-hydrogen) atoms. The summed E-state index contributed by atoms with van der Waals surface area (Å²) in [5.74, 6) is -0.275. The Morgan fingerprint density at radius 3 is 2.72 bits per heavy atom. The van der Waals surface area contributed by atoms with Gasteiger partial charge in [0.2, 0.25) is 0 Å². The molecule has 1 aliphatic rings. The maximum atomic E-state index is 12.6. The van der Waals surface area contributed by atoms with Crippen LogP contribution in [0.15, 0.2) is 42.6 Å². The van der Waals surface area contributed by atoms with Gasteiger partial charge in [0, 0.05) is 53.2 Å². The van der Waals surface area contributed by atoms with Crippen LogP contribution in [-0.2, 0) is 22.4 Å². The number of nitrogens with zero attached hydrogens (tertiary/aromatic N) is 2. The molecule has 2 aromatic heterocycles. The fourth-order valence-electron chi connectivity index (χ4n) is 5.04. The van der Waals surface area contributed by atoms with Gasteiger partial charge >= 0.3 is 5.97 Å². The van der Waals surface area contributed by atoms with E-state index in [0.717, 1.165) is 61.9 Å². The van der Waals surface area contributed by atoms with Crippen molar-refractivity contribution in [1.29, 1.82) is 0 Å². The van der Waals surface area contributed by atoms with Crippen LogP contribution in [0, 0.1) is 6.92 Å². The Hall–Kier alpha value is -3.55. The molecule has 0 saturated heterocycles. The predicted molar refractivity (Wildman–Crippen MR) is 138 cm³/mol. The van der Waals surface area contributed by atoms with Crippen LogP contribution >= 0.6 is 0 Å². The molecule has 0 fully saturated rings. The fourth-order valence-corrected chi connectivity index (χ4v) is 5.04. The van der Waals surface area contributed by atoms with E-state index in [9.17, 15) is 15.0 Å². The second-order valence-electron chi connectivity index (χ2n) is 10.2. The summed E-state index contributed by atoms with van der Waals surface area (Å²) < 4.78 is 12.1. The highest BCUT2D eigenvalue weighted by Crippen LogP contribution is 2.44. The van der Waals surface area contributed by atoms with Crippen LogP contribution < -0.4 is 4.74 Å². The molecule has 186 valence electrons. The van der Waals surface area contributed by atoms with Crippen LogP contribution in [0.5, 0.6) is 5.75 Å². The minimum atomic E-state index is -1.19. The van der Waals surface area contributed by atoms with E-state index in [0.29, 0.717) is 18.6 Å². The molecular formula is C29H30N2O5. The molecule has 0 bridgehead atoms. The number of carboxylic acids is 1. The van der Waals surface area contributed by atoms with Crippen molar-refractivity contribution >= 4 is 27.8 Å². The van der Waals surface area contributed by atoms with Crippen LogP contribution in [0.4, 0.5) is 0 Å². The summed E-state index contributed by atoms with van der Waals surface area (Å²) in [4.78, 5) is 22.1. The smallest absolute Gasteiger partial charge is 0.337 e. The van der Waals surface area contributed by atoms with E-state index in [1.54, 1.807) is 6.20 Å². The van der Waals surface area contributed by atoms with Crippen molar-refractivity contribution in [3.63, 3.8) is 0 Å². The Labute approximate surface area is 209 Å². The highest BCUT2D eigenvalue weighted by molar-refractivity contribution is 6.08.